The van der Waals surface area contributed by atoms with Crippen LogP contribution >= 0.6 is 0 Å². The molecule has 1 aliphatic rings. The molecule has 0 unspecified atom stereocenters. The lowest BCUT2D eigenvalue weighted by Crippen LogP contribution is -2.36. The second-order valence-corrected chi connectivity index (χ2v) is 5.63. The van der Waals surface area contributed by atoms with Crippen molar-refractivity contribution in [1.29, 1.82) is 0 Å². The molecule has 0 spiro atoms. The molecule has 19 heavy (non-hydrogen) atoms. The van der Waals surface area contributed by atoms with Crippen molar-refractivity contribution < 1.29 is 0 Å². The van der Waals surface area contributed by atoms with Gasteiger partial charge in [0.15, 0.2) is 0 Å². The van der Waals surface area contributed by atoms with Crippen LogP contribution in [-0.4, -0.2) is 9.55 Å². The number of aromatic nitrogens is 2. The molecule has 1 saturated carbocycles. The lowest BCUT2D eigenvalue weighted by molar-refractivity contribution is 0.320. The summed E-state index contributed by atoms with van der Waals surface area (Å²) in [6, 6.07) is 1.58. The molecule has 1 N–H and O–H groups in total. The fourth-order valence-corrected chi connectivity index (χ4v) is 2.97. The van der Waals surface area contributed by atoms with E-state index in [-0.39, 0.29) is 11.2 Å². The molecule has 0 amide bonds. The number of nitrogens with zero attached hydrogens (tertiary/aromatic N) is 1. The molecule has 4 nitrogen and oxygen atoms in total. The molecule has 1 heterocycles. The second-order valence-electron chi connectivity index (χ2n) is 5.63. The summed E-state index contributed by atoms with van der Waals surface area (Å²) in [6.07, 6.45) is 9.08. The molecule has 1 aliphatic carbocycles. The fourth-order valence-electron chi connectivity index (χ4n) is 2.97. The first kappa shape index (κ1) is 14.1. The van der Waals surface area contributed by atoms with E-state index in [2.05, 4.69) is 4.98 Å². The molecule has 0 radical (unpaired) electrons. The standard InChI is InChI=1S/C15H24N2O2/c1-2-6-13-11-14(18)17(15(19)16-13)10-9-12-7-4-3-5-8-12/h11-12H,2-10H2,1H3,(H,16,19). The Balaban J connectivity index is 2.03. The molecule has 4 heteroatoms. The smallest absolute Gasteiger partial charge is 0.311 e. The minimum absolute atomic E-state index is 0.150. The van der Waals surface area contributed by atoms with Gasteiger partial charge in [-0.05, 0) is 18.8 Å². The van der Waals surface area contributed by atoms with Gasteiger partial charge in [0.05, 0.1) is 0 Å². The largest absolute Gasteiger partial charge is 0.328 e. The van der Waals surface area contributed by atoms with Crippen molar-refractivity contribution in [3.05, 3.63) is 32.6 Å². The number of aryl methyl sites for hydroxylation is 1. The minimum atomic E-state index is -0.244. The molecule has 0 aliphatic heterocycles. The lowest BCUT2D eigenvalue weighted by Gasteiger charge is -2.21. The van der Waals surface area contributed by atoms with Crippen LogP contribution in [-0.2, 0) is 13.0 Å². The average molecular weight is 264 g/mol. The van der Waals surface area contributed by atoms with Gasteiger partial charge in [-0.25, -0.2) is 4.79 Å². The van der Waals surface area contributed by atoms with Gasteiger partial charge in [-0.2, -0.15) is 0 Å². The number of nitrogens with one attached hydrogen (secondary N) is 1. The maximum absolute atomic E-state index is 12.0. The van der Waals surface area contributed by atoms with E-state index in [0.717, 1.165) is 25.0 Å². The Kier molecular flexibility index (Phi) is 5.00. The van der Waals surface area contributed by atoms with Crippen LogP contribution < -0.4 is 11.2 Å². The third-order valence-electron chi connectivity index (χ3n) is 4.08. The van der Waals surface area contributed by atoms with E-state index in [4.69, 9.17) is 0 Å². The van der Waals surface area contributed by atoms with Gasteiger partial charge in [-0.15, -0.1) is 0 Å². The zero-order chi connectivity index (χ0) is 13.7. The van der Waals surface area contributed by atoms with Gasteiger partial charge in [0.1, 0.15) is 0 Å². The van der Waals surface area contributed by atoms with Crippen LogP contribution in [0.1, 0.15) is 57.6 Å². The van der Waals surface area contributed by atoms with Crippen molar-refractivity contribution in [1.82, 2.24) is 9.55 Å². The Bertz CT molecular complexity index is 478. The first-order chi connectivity index (χ1) is 9.20. The van der Waals surface area contributed by atoms with Gasteiger partial charge in [0.25, 0.3) is 5.56 Å². The van der Waals surface area contributed by atoms with E-state index < -0.39 is 0 Å². The van der Waals surface area contributed by atoms with Crippen LogP contribution in [0.15, 0.2) is 15.7 Å². The first-order valence-electron chi connectivity index (χ1n) is 7.53. The maximum Gasteiger partial charge on any atom is 0.328 e. The predicted octanol–water partition coefficient (Wildman–Crippen LogP) is 2.46. The van der Waals surface area contributed by atoms with Crippen LogP contribution in [0.3, 0.4) is 0 Å². The van der Waals surface area contributed by atoms with Crippen molar-refractivity contribution >= 4 is 0 Å². The number of hydrogen-bond acceptors (Lipinski definition) is 2. The normalized spacial score (nSPS) is 16.7. The summed E-state index contributed by atoms with van der Waals surface area (Å²) in [7, 11) is 0. The summed E-state index contributed by atoms with van der Waals surface area (Å²) in [6.45, 7) is 2.60. The molecule has 1 fully saturated rings. The quantitative estimate of drug-likeness (QED) is 0.888. The van der Waals surface area contributed by atoms with E-state index in [1.54, 1.807) is 6.07 Å². The molecule has 2 rings (SSSR count). The number of hydrogen-bond donors (Lipinski definition) is 1. The van der Waals surface area contributed by atoms with E-state index >= 15 is 0 Å². The predicted molar refractivity (Wildman–Crippen MR) is 76.5 cm³/mol. The van der Waals surface area contributed by atoms with Gasteiger partial charge >= 0.3 is 5.69 Å². The molecular formula is C15H24N2O2. The molecule has 1 aromatic rings. The van der Waals surface area contributed by atoms with Gasteiger partial charge in [0, 0.05) is 18.3 Å². The fraction of sp³-hybridized carbons (Fsp3) is 0.733. The third-order valence-corrected chi connectivity index (χ3v) is 4.08. The van der Waals surface area contributed by atoms with Gasteiger partial charge < -0.3 is 4.98 Å². The maximum atomic E-state index is 12.0. The summed E-state index contributed by atoms with van der Waals surface area (Å²) >= 11 is 0. The van der Waals surface area contributed by atoms with Gasteiger partial charge in [-0.1, -0.05) is 45.4 Å². The summed E-state index contributed by atoms with van der Waals surface area (Å²) in [4.78, 5) is 26.7. The molecular weight excluding hydrogens is 240 g/mol. The van der Waals surface area contributed by atoms with E-state index in [1.807, 2.05) is 6.92 Å². The highest BCUT2D eigenvalue weighted by Gasteiger charge is 2.14. The van der Waals surface area contributed by atoms with Gasteiger partial charge in [0.2, 0.25) is 0 Å². The highest BCUT2D eigenvalue weighted by molar-refractivity contribution is 4.99. The number of aromatic amines is 1. The van der Waals surface area contributed by atoms with Crippen LogP contribution in [0.2, 0.25) is 0 Å². The summed E-state index contributed by atoms with van der Waals surface area (Å²) in [5.74, 6) is 0.690. The van der Waals surface area contributed by atoms with Crippen molar-refractivity contribution in [2.45, 2.75) is 64.8 Å². The monoisotopic (exact) mass is 264 g/mol. The van der Waals surface area contributed by atoms with Crippen LogP contribution in [0.4, 0.5) is 0 Å². The Morgan fingerprint density at radius 2 is 2.00 bits per heavy atom. The van der Waals surface area contributed by atoms with E-state index in [9.17, 15) is 9.59 Å². The Morgan fingerprint density at radius 1 is 1.26 bits per heavy atom. The summed E-state index contributed by atoms with van der Waals surface area (Å²) in [5, 5.41) is 0. The Labute approximate surface area is 113 Å². The SMILES string of the molecule is CCCc1cc(=O)n(CCC2CCCCC2)c(=O)[nH]1. The highest BCUT2D eigenvalue weighted by Crippen LogP contribution is 2.26. The minimum Gasteiger partial charge on any atom is -0.311 e. The summed E-state index contributed by atoms with van der Waals surface area (Å²) in [5.41, 5.74) is 0.362. The topological polar surface area (TPSA) is 54.9 Å². The number of H-pyrrole nitrogens is 1. The molecule has 0 atom stereocenters. The summed E-state index contributed by atoms with van der Waals surface area (Å²) < 4.78 is 1.35. The van der Waals surface area contributed by atoms with Crippen molar-refractivity contribution in [2.24, 2.45) is 5.92 Å². The van der Waals surface area contributed by atoms with Crippen molar-refractivity contribution in [3.63, 3.8) is 0 Å². The average Bonchev–Trinajstić information content (AvgIpc) is 2.39. The van der Waals surface area contributed by atoms with Crippen LogP contribution in [0, 0.1) is 5.92 Å². The second kappa shape index (κ2) is 6.73. The zero-order valence-electron chi connectivity index (χ0n) is 11.8. The van der Waals surface area contributed by atoms with E-state index in [0.29, 0.717) is 12.5 Å². The molecule has 1 aromatic heterocycles. The Morgan fingerprint density at radius 3 is 2.63 bits per heavy atom. The zero-order valence-corrected chi connectivity index (χ0v) is 11.8. The Hall–Kier alpha value is -1.32. The molecule has 106 valence electrons. The first-order valence-corrected chi connectivity index (χ1v) is 7.53. The lowest BCUT2D eigenvalue weighted by atomic mass is 9.87. The molecule has 0 saturated heterocycles. The molecule has 0 aromatic carbocycles. The van der Waals surface area contributed by atoms with Crippen LogP contribution in [0.25, 0.3) is 0 Å². The molecule has 0 bridgehead atoms. The number of rotatable bonds is 5. The third kappa shape index (κ3) is 3.82. The van der Waals surface area contributed by atoms with Crippen molar-refractivity contribution in [3.8, 4) is 0 Å². The van der Waals surface area contributed by atoms with Gasteiger partial charge in [-0.3, -0.25) is 9.36 Å². The highest BCUT2D eigenvalue weighted by atomic mass is 16.2. The van der Waals surface area contributed by atoms with Crippen LogP contribution in [0.5, 0.6) is 0 Å². The van der Waals surface area contributed by atoms with E-state index in [1.165, 1.54) is 36.7 Å². The van der Waals surface area contributed by atoms with Crippen molar-refractivity contribution in [2.75, 3.05) is 0 Å².